The Kier molecular flexibility index (Phi) is 4.41. The summed E-state index contributed by atoms with van der Waals surface area (Å²) in [6, 6.07) is 3.77. The van der Waals surface area contributed by atoms with Gasteiger partial charge < -0.3 is 15.2 Å². The Morgan fingerprint density at radius 2 is 2.17 bits per heavy atom. The highest BCUT2D eigenvalue weighted by Crippen LogP contribution is 2.22. The molecule has 9 heteroatoms. The number of carbonyl (C=O) groups excluding carboxylic acids is 1. The number of piperidine rings is 1. The molecular formula is C15H18N6O3. The highest BCUT2D eigenvalue weighted by atomic mass is 16.2. The Hall–Kier alpha value is -2.97. The number of carbonyl (C=O) groups is 1. The first-order valence-corrected chi connectivity index (χ1v) is 7.71. The van der Waals surface area contributed by atoms with Crippen LogP contribution < -0.4 is 21.5 Å². The molecule has 2 aromatic heterocycles. The van der Waals surface area contributed by atoms with Crippen LogP contribution in [-0.2, 0) is 4.79 Å². The Morgan fingerprint density at radius 3 is 2.88 bits per heavy atom. The van der Waals surface area contributed by atoms with Gasteiger partial charge in [-0.15, -0.1) is 5.10 Å². The van der Waals surface area contributed by atoms with Gasteiger partial charge in [0.15, 0.2) is 5.82 Å². The zero-order valence-corrected chi connectivity index (χ0v) is 13.2. The summed E-state index contributed by atoms with van der Waals surface area (Å²) in [5, 5.41) is 10.8. The predicted molar refractivity (Wildman–Crippen MR) is 88.0 cm³/mol. The number of aromatic nitrogens is 4. The van der Waals surface area contributed by atoms with Crippen LogP contribution >= 0.6 is 0 Å². The largest absolute Gasteiger partial charge is 0.354 e. The second kappa shape index (κ2) is 6.65. The molecule has 1 saturated heterocycles. The van der Waals surface area contributed by atoms with Crippen molar-refractivity contribution in [3.05, 3.63) is 44.9 Å². The molecule has 126 valence electrons. The van der Waals surface area contributed by atoms with Gasteiger partial charge in [0.2, 0.25) is 5.91 Å². The lowest BCUT2D eigenvalue weighted by Crippen LogP contribution is -2.42. The van der Waals surface area contributed by atoms with Crippen molar-refractivity contribution in [3.8, 4) is 0 Å². The van der Waals surface area contributed by atoms with Crippen LogP contribution in [0.1, 0.15) is 18.5 Å². The van der Waals surface area contributed by atoms with E-state index in [2.05, 4.69) is 25.5 Å². The van der Waals surface area contributed by atoms with Gasteiger partial charge in [0.1, 0.15) is 5.69 Å². The van der Waals surface area contributed by atoms with E-state index in [1.807, 2.05) is 24.0 Å². The van der Waals surface area contributed by atoms with Gasteiger partial charge in [0.05, 0.1) is 11.6 Å². The summed E-state index contributed by atoms with van der Waals surface area (Å²) in [7, 11) is 0. The number of aryl methyl sites for hydroxylation is 1. The van der Waals surface area contributed by atoms with Crippen LogP contribution in [-0.4, -0.2) is 39.2 Å². The first-order valence-electron chi connectivity index (χ1n) is 7.71. The van der Waals surface area contributed by atoms with E-state index in [0.717, 1.165) is 30.9 Å². The maximum atomic E-state index is 12.4. The van der Waals surface area contributed by atoms with E-state index in [1.165, 1.54) is 6.20 Å². The molecule has 0 spiro atoms. The molecule has 2 aromatic rings. The molecule has 24 heavy (non-hydrogen) atoms. The quantitative estimate of drug-likeness (QED) is 0.729. The van der Waals surface area contributed by atoms with Crippen molar-refractivity contribution in [1.29, 1.82) is 0 Å². The predicted octanol–water partition coefficient (Wildman–Crippen LogP) is 0.0167. The summed E-state index contributed by atoms with van der Waals surface area (Å²) in [5.74, 6) is 0.213. The second-order valence-corrected chi connectivity index (χ2v) is 5.79. The Balaban J connectivity index is 1.69. The van der Waals surface area contributed by atoms with E-state index >= 15 is 0 Å². The molecule has 1 unspecified atom stereocenters. The zero-order valence-electron chi connectivity index (χ0n) is 13.2. The van der Waals surface area contributed by atoms with E-state index in [1.54, 1.807) is 0 Å². The van der Waals surface area contributed by atoms with Gasteiger partial charge in [0, 0.05) is 19.3 Å². The van der Waals surface area contributed by atoms with Gasteiger partial charge in [-0.25, -0.2) is 4.79 Å². The fourth-order valence-corrected chi connectivity index (χ4v) is 2.70. The van der Waals surface area contributed by atoms with Gasteiger partial charge >= 0.3 is 5.69 Å². The summed E-state index contributed by atoms with van der Waals surface area (Å²) in [5.41, 5.74) is -0.363. The van der Waals surface area contributed by atoms with Crippen LogP contribution in [0.4, 0.5) is 11.5 Å². The number of hydrogen-bond acceptors (Lipinski definition) is 6. The lowest BCUT2D eigenvalue weighted by Gasteiger charge is -2.32. The molecular weight excluding hydrogens is 312 g/mol. The smallest absolute Gasteiger partial charge is 0.325 e. The molecule has 1 fully saturated rings. The number of nitrogens with one attached hydrogen (secondary N) is 3. The van der Waals surface area contributed by atoms with Crippen LogP contribution in [0.2, 0.25) is 0 Å². The van der Waals surface area contributed by atoms with Crippen molar-refractivity contribution in [2.75, 3.05) is 23.3 Å². The average Bonchev–Trinajstić information content (AvgIpc) is 2.58. The summed E-state index contributed by atoms with van der Waals surface area (Å²) in [6.45, 7) is 3.18. The highest BCUT2D eigenvalue weighted by molar-refractivity contribution is 5.92. The molecule has 3 heterocycles. The normalized spacial score (nSPS) is 17.5. The third kappa shape index (κ3) is 3.50. The molecule has 0 saturated carbocycles. The maximum Gasteiger partial charge on any atom is 0.325 e. The molecule has 0 aromatic carbocycles. The van der Waals surface area contributed by atoms with Gasteiger partial charge in [0.25, 0.3) is 5.56 Å². The van der Waals surface area contributed by atoms with E-state index in [-0.39, 0.29) is 17.5 Å². The Bertz CT molecular complexity index is 841. The van der Waals surface area contributed by atoms with Gasteiger partial charge in [-0.05, 0) is 31.9 Å². The van der Waals surface area contributed by atoms with Gasteiger partial charge in [-0.1, -0.05) is 0 Å². The maximum absolute atomic E-state index is 12.4. The first kappa shape index (κ1) is 15.9. The van der Waals surface area contributed by atoms with Crippen LogP contribution in [0.15, 0.2) is 27.9 Å². The number of H-pyrrole nitrogens is 2. The molecule has 3 rings (SSSR count). The van der Waals surface area contributed by atoms with Crippen molar-refractivity contribution in [2.24, 2.45) is 5.92 Å². The molecule has 1 atom stereocenters. The van der Waals surface area contributed by atoms with Crippen molar-refractivity contribution < 1.29 is 4.79 Å². The van der Waals surface area contributed by atoms with Crippen molar-refractivity contribution in [1.82, 2.24) is 20.2 Å². The topological polar surface area (TPSA) is 124 Å². The third-order valence-electron chi connectivity index (χ3n) is 3.98. The molecule has 1 aliphatic heterocycles. The van der Waals surface area contributed by atoms with Crippen molar-refractivity contribution in [2.45, 2.75) is 19.8 Å². The SMILES string of the molecule is Cc1ccc(N2CCCC(C(=O)Nc3c[nH]c(=O)[nH]c3=O)C2)nn1. The average molecular weight is 330 g/mol. The Labute approximate surface area is 137 Å². The minimum absolute atomic E-state index is 0.0341. The van der Waals surface area contributed by atoms with Gasteiger partial charge in [-0.2, -0.15) is 5.10 Å². The lowest BCUT2D eigenvalue weighted by atomic mass is 9.97. The summed E-state index contributed by atoms with van der Waals surface area (Å²) in [4.78, 5) is 41.5. The molecule has 3 N–H and O–H groups in total. The zero-order chi connectivity index (χ0) is 17.1. The number of rotatable bonds is 3. The number of amides is 1. The highest BCUT2D eigenvalue weighted by Gasteiger charge is 2.27. The van der Waals surface area contributed by atoms with Gasteiger partial charge in [-0.3, -0.25) is 14.6 Å². The molecule has 0 bridgehead atoms. The Morgan fingerprint density at radius 1 is 1.33 bits per heavy atom. The minimum Gasteiger partial charge on any atom is -0.354 e. The number of aromatic amines is 2. The molecule has 9 nitrogen and oxygen atoms in total. The molecule has 1 aliphatic rings. The second-order valence-electron chi connectivity index (χ2n) is 5.79. The standard InChI is InChI=1S/C15H18N6O3/c1-9-4-5-12(20-19-9)21-6-2-3-10(8-21)13(22)17-11-7-16-15(24)18-14(11)23/h4-5,7,10H,2-3,6,8H2,1H3,(H,17,22)(H2,16,18,23,24). The number of nitrogens with zero attached hydrogens (tertiary/aromatic N) is 3. The monoisotopic (exact) mass is 330 g/mol. The van der Waals surface area contributed by atoms with E-state index in [4.69, 9.17) is 0 Å². The van der Waals surface area contributed by atoms with Crippen LogP contribution in [0.25, 0.3) is 0 Å². The summed E-state index contributed by atoms with van der Waals surface area (Å²) in [6.07, 6.45) is 2.77. The van der Waals surface area contributed by atoms with Crippen LogP contribution in [0.5, 0.6) is 0 Å². The molecule has 0 radical (unpaired) electrons. The first-order chi connectivity index (χ1) is 11.5. The summed E-state index contributed by atoms with van der Waals surface area (Å²) < 4.78 is 0. The lowest BCUT2D eigenvalue weighted by molar-refractivity contribution is -0.120. The molecule has 0 aliphatic carbocycles. The van der Waals surface area contributed by atoms with Crippen LogP contribution in [0.3, 0.4) is 0 Å². The van der Waals surface area contributed by atoms with E-state index < -0.39 is 11.2 Å². The fourth-order valence-electron chi connectivity index (χ4n) is 2.70. The number of anilines is 2. The minimum atomic E-state index is -0.621. The number of hydrogen-bond donors (Lipinski definition) is 3. The van der Waals surface area contributed by atoms with E-state index in [0.29, 0.717) is 6.54 Å². The van der Waals surface area contributed by atoms with E-state index in [9.17, 15) is 14.4 Å². The van der Waals surface area contributed by atoms with Crippen LogP contribution in [0, 0.1) is 12.8 Å². The third-order valence-corrected chi connectivity index (χ3v) is 3.98. The fraction of sp³-hybridized carbons (Fsp3) is 0.400. The molecule has 1 amide bonds. The van der Waals surface area contributed by atoms with Crippen molar-refractivity contribution >= 4 is 17.4 Å². The summed E-state index contributed by atoms with van der Waals surface area (Å²) >= 11 is 0. The van der Waals surface area contributed by atoms with Crippen molar-refractivity contribution in [3.63, 3.8) is 0 Å².